The van der Waals surface area contributed by atoms with Crippen LogP contribution in [0.25, 0.3) is 10.9 Å². The van der Waals surface area contributed by atoms with Crippen molar-refractivity contribution in [1.29, 1.82) is 0 Å². The zero-order valence-corrected chi connectivity index (χ0v) is 20.8. The van der Waals surface area contributed by atoms with E-state index >= 15 is 0 Å². The zero-order chi connectivity index (χ0) is 24.9. The highest BCUT2D eigenvalue weighted by Crippen LogP contribution is 2.21. The van der Waals surface area contributed by atoms with Gasteiger partial charge in [-0.25, -0.2) is 4.98 Å². The fraction of sp³-hybridized carbons (Fsp3) is 0.214. The largest absolute Gasteiger partial charge is 0.350 e. The van der Waals surface area contributed by atoms with Crippen LogP contribution in [0.5, 0.6) is 0 Å². The van der Waals surface area contributed by atoms with Gasteiger partial charge in [0.05, 0.1) is 23.2 Å². The first kappa shape index (κ1) is 24.4. The number of carbonyl (C=O) groups excluding carboxylic acids is 2. The lowest BCUT2D eigenvalue weighted by Gasteiger charge is -2.14. The smallest absolute Gasteiger partial charge is 0.262 e. The molecule has 178 valence electrons. The SMILES string of the molecule is Cc1ccc(C(=O)CSc2nc3cc(C(=O)NC(C)C)ccc3c(=O)n2Cc2ccccc2)cc1. The third-order valence-corrected chi connectivity index (χ3v) is 6.47. The minimum Gasteiger partial charge on any atom is -0.350 e. The van der Waals surface area contributed by atoms with E-state index < -0.39 is 0 Å². The lowest BCUT2D eigenvalue weighted by molar-refractivity contribution is 0.0942. The van der Waals surface area contributed by atoms with Gasteiger partial charge in [0.15, 0.2) is 10.9 Å². The summed E-state index contributed by atoms with van der Waals surface area (Å²) < 4.78 is 1.60. The average Bonchev–Trinajstić information content (AvgIpc) is 2.85. The number of amides is 1. The Bertz CT molecular complexity index is 1430. The van der Waals surface area contributed by atoms with Gasteiger partial charge in [-0.3, -0.25) is 19.0 Å². The lowest BCUT2D eigenvalue weighted by atomic mass is 10.1. The summed E-state index contributed by atoms with van der Waals surface area (Å²) in [6.07, 6.45) is 0. The first-order valence-electron chi connectivity index (χ1n) is 11.4. The van der Waals surface area contributed by atoms with Crippen molar-refractivity contribution in [3.63, 3.8) is 0 Å². The molecule has 1 amide bonds. The summed E-state index contributed by atoms with van der Waals surface area (Å²) in [6, 6.07) is 22.0. The van der Waals surface area contributed by atoms with Crippen LogP contribution in [0.2, 0.25) is 0 Å². The van der Waals surface area contributed by atoms with Gasteiger partial charge in [-0.05, 0) is 44.5 Å². The number of fused-ring (bicyclic) bond motifs is 1. The van der Waals surface area contributed by atoms with E-state index in [0.717, 1.165) is 11.1 Å². The Morgan fingerprint density at radius 3 is 2.34 bits per heavy atom. The molecule has 0 fully saturated rings. The minimum absolute atomic E-state index is 0.0102. The van der Waals surface area contributed by atoms with Gasteiger partial charge >= 0.3 is 0 Å². The Morgan fingerprint density at radius 1 is 0.971 bits per heavy atom. The van der Waals surface area contributed by atoms with Crippen molar-refractivity contribution in [3.8, 4) is 0 Å². The molecule has 0 unspecified atom stereocenters. The summed E-state index contributed by atoms with van der Waals surface area (Å²) in [4.78, 5) is 43.5. The standard InChI is InChI=1S/C28H27N3O3S/c1-18(2)29-26(33)22-13-14-23-24(15-22)30-28(31(27(23)34)16-20-7-5-4-6-8-20)35-17-25(32)21-11-9-19(3)10-12-21/h4-15,18H,16-17H2,1-3H3,(H,29,33). The van der Waals surface area contributed by atoms with Crippen molar-refractivity contribution in [2.45, 2.75) is 38.5 Å². The fourth-order valence-corrected chi connectivity index (χ4v) is 4.55. The number of nitrogens with zero attached hydrogens (tertiary/aromatic N) is 2. The number of thioether (sulfide) groups is 1. The van der Waals surface area contributed by atoms with Crippen LogP contribution in [0.3, 0.4) is 0 Å². The van der Waals surface area contributed by atoms with Crippen LogP contribution in [0, 0.1) is 6.92 Å². The zero-order valence-electron chi connectivity index (χ0n) is 19.9. The number of Topliss-reactive ketones (excluding diaryl/α,β-unsaturated/α-hetero) is 1. The first-order valence-corrected chi connectivity index (χ1v) is 12.4. The van der Waals surface area contributed by atoms with Gasteiger partial charge in [0.25, 0.3) is 11.5 Å². The molecule has 35 heavy (non-hydrogen) atoms. The molecule has 1 heterocycles. The Balaban J connectivity index is 1.72. The number of aryl methyl sites for hydroxylation is 1. The molecule has 7 heteroatoms. The highest BCUT2D eigenvalue weighted by atomic mass is 32.2. The molecule has 4 aromatic rings. The van der Waals surface area contributed by atoms with Crippen LogP contribution in [0.15, 0.2) is 82.7 Å². The predicted octanol–water partition coefficient (Wildman–Crippen LogP) is 4.87. The molecule has 3 aromatic carbocycles. The van der Waals surface area contributed by atoms with Crippen molar-refractivity contribution >= 4 is 34.4 Å². The topological polar surface area (TPSA) is 81.1 Å². The van der Waals surface area contributed by atoms with E-state index in [4.69, 9.17) is 4.98 Å². The molecule has 0 atom stereocenters. The molecular formula is C28H27N3O3S. The predicted molar refractivity (Wildman–Crippen MR) is 140 cm³/mol. The summed E-state index contributed by atoms with van der Waals surface area (Å²) in [7, 11) is 0. The first-order chi connectivity index (χ1) is 16.8. The van der Waals surface area contributed by atoms with Gasteiger partial charge < -0.3 is 5.32 Å². The van der Waals surface area contributed by atoms with Crippen molar-refractivity contribution in [2.75, 3.05) is 5.75 Å². The summed E-state index contributed by atoms with van der Waals surface area (Å²) in [5.41, 5.74) is 3.31. The normalized spacial score (nSPS) is 11.1. The van der Waals surface area contributed by atoms with Crippen molar-refractivity contribution in [2.24, 2.45) is 0 Å². The fourth-order valence-electron chi connectivity index (χ4n) is 3.66. The summed E-state index contributed by atoms with van der Waals surface area (Å²) in [5.74, 6) is -0.120. The molecule has 0 spiro atoms. The molecule has 0 bridgehead atoms. The molecule has 4 rings (SSSR count). The number of rotatable bonds is 8. The van der Waals surface area contributed by atoms with E-state index in [9.17, 15) is 14.4 Å². The molecule has 1 aromatic heterocycles. The van der Waals surface area contributed by atoms with E-state index in [1.807, 2.05) is 75.4 Å². The molecule has 0 saturated carbocycles. The van der Waals surface area contributed by atoms with Gasteiger partial charge in [0.1, 0.15) is 0 Å². The third kappa shape index (κ3) is 5.87. The van der Waals surface area contributed by atoms with Crippen molar-refractivity contribution in [1.82, 2.24) is 14.9 Å². The van der Waals surface area contributed by atoms with E-state index in [2.05, 4.69) is 5.32 Å². The summed E-state index contributed by atoms with van der Waals surface area (Å²) in [6.45, 7) is 6.08. The number of nitrogens with one attached hydrogen (secondary N) is 1. The molecule has 0 saturated heterocycles. The maximum Gasteiger partial charge on any atom is 0.262 e. The molecule has 0 radical (unpaired) electrons. The van der Waals surface area contributed by atoms with Crippen LogP contribution in [0.1, 0.15) is 45.7 Å². The van der Waals surface area contributed by atoms with Gasteiger partial charge in [0.2, 0.25) is 0 Å². The average molecular weight is 486 g/mol. The van der Waals surface area contributed by atoms with Gasteiger partial charge in [0, 0.05) is 17.2 Å². The van der Waals surface area contributed by atoms with Crippen molar-refractivity contribution in [3.05, 3.63) is 105 Å². The van der Waals surface area contributed by atoms with E-state index in [-0.39, 0.29) is 29.0 Å². The maximum absolute atomic E-state index is 13.5. The Kier molecular flexibility index (Phi) is 7.46. The number of hydrogen-bond donors (Lipinski definition) is 1. The summed E-state index contributed by atoms with van der Waals surface area (Å²) in [5, 5.41) is 3.72. The number of hydrogen-bond acceptors (Lipinski definition) is 5. The second-order valence-electron chi connectivity index (χ2n) is 8.71. The monoisotopic (exact) mass is 485 g/mol. The summed E-state index contributed by atoms with van der Waals surface area (Å²) >= 11 is 1.23. The van der Waals surface area contributed by atoms with Gasteiger partial charge in [-0.2, -0.15) is 0 Å². The Labute approximate surface area is 208 Å². The number of benzene rings is 3. The van der Waals surface area contributed by atoms with E-state index in [1.165, 1.54) is 11.8 Å². The molecule has 0 aliphatic heterocycles. The molecule has 0 aliphatic carbocycles. The Morgan fingerprint density at radius 2 is 1.66 bits per heavy atom. The van der Waals surface area contributed by atoms with Crippen molar-refractivity contribution < 1.29 is 9.59 Å². The van der Waals surface area contributed by atoms with Gasteiger partial charge in [-0.1, -0.05) is 71.9 Å². The molecule has 0 aliphatic rings. The highest BCUT2D eigenvalue weighted by molar-refractivity contribution is 7.99. The third-order valence-electron chi connectivity index (χ3n) is 5.49. The van der Waals surface area contributed by atoms with Crippen LogP contribution in [-0.4, -0.2) is 33.0 Å². The highest BCUT2D eigenvalue weighted by Gasteiger charge is 2.16. The molecule has 1 N–H and O–H groups in total. The van der Waals surface area contributed by atoms with Crippen LogP contribution in [0.4, 0.5) is 0 Å². The molecule has 6 nitrogen and oxygen atoms in total. The second-order valence-corrected chi connectivity index (χ2v) is 9.65. The minimum atomic E-state index is -0.221. The van der Waals surface area contributed by atoms with E-state index in [0.29, 0.717) is 33.7 Å². The number of aromatic nitrogens is 2. The molecular weight excluding hydrogens is 458 g/mol. The van der Waals surface area contributed by atoms with Crippen LogP contribution < -0.4 is 10.9 Å². The second kappa shape index (κ2) is 10.7. The van der Waals surface area contributed by atoms with Crippen LogP contribution in [-0.2, 0) is 6.54 Å². The lowest BCUT2D eigenvalue weighted by Crippen LogP contribution is -2.30. The van der Waals surface area contributed by atoms with Crippen LogP contribution >= 0.6 is 11.8 Å². The number of ketones is 1. The Hall–Kier alpha value is -3.71. The van der Waals surface area contributed by atoms with Gasteiger partial charge in [-0.15, -0.1) is 0 Å². The number of carbonyl (C=O) groups is 2. The maximum atomic E-state index is 13.5. The van der Waals surface area contributed by atoms with E-state index in [1.54, 1.807) is 22.8 Å². The quantitative estimate of drug-likeness (QED) is 0.219.